The Morgan fingerprint density at radius 2 is 1.43 bits per heavy atom. The molecule has 6 aromatic rings. The van der Waals surface area contributed by atoms with Gasteiger partial charge in [-0.15, -0.1) is 0 Å². The summed E-state index contributed by atoms with van der Waals surface area (Å²) in [7, 11) is 0. The SMILES string of the molecule is CC(C)Cc1cc(-c2ccccn2)cc(-c2ccnc3c2nc(-c2cc(C(C)(C)C)cc(C(C)(C)C)c2O)n3-c2ccccc2)c1. The van der Waals surface area contributed by atoms with E-state index in [-0.39, 0.29) is 16.6 Å². The summed E-state index contributed by atoms with van der Waals surface area (Å²) in [5.74, 6) is 1.42. The minimum atomic E-state index is -0.272. The Hall–Kier alpha value is -4.77. The summed E-state index contributed by atoms with van der Waals surface area (Å²) in [6, 6.07) is 29.3. The first-order valence-corrected chi connectivity index (χ1v) is 16.2. The second kappa shape index (κ2) is 11.9. The van der Waals surface area contributed by atoms with Crippen LogP contribution in [0, 0.1) is 5.92 Å². The van der Waals surface area contributed by atoms with Gasteiger partial charge in [-0.25, -0.2) is 9.97 Å². The van der Waals surface area contributed by atoms with Gasteiger partial charge in [0, 0.05) is 34.8 Å². The fourth-order valence-electron chi connectivity index (χ4n) is 6.14. The third kappa shape index (κ3) is 6.06. The maximum atomic E-state index is 12.0. The zero-order valence-corrected chi connectivity index (χ0v) is 28.3. The first-order valence-electron chi connectivity index (χ1n) is 16.2. The van der Waals surface area contributed by atoms with Crippen molar-refractivity contribution in [2.75, 3.05) is 0 Å². The van der Waals surface area contributed by atoms with Crippen LogP contribution in [-0.2, 0) is 17.3 Å². The highest BCUT2D eigenvalue weighted by atomic mass is 16.3. The van der Waals surface area contributed by atoms with Crippen molar-refractivity contribution in [1.82, 2.24) is 19.5 Å². The Kier molecular flexibility index (Phi) is 8.05. The average Bonchev–Trinajstić information content (AvgIpc) is 3.40. The van der Waals surface area contributed by atoms with Gasteiger partial charge in [0.2, 0.25) is 0 Å². The Morgan fingerprint density at radius 1 is 0.717 bits per heavy atom. The lowest BCUT2D eigenvalue weighted by Crippen LogP contribution is -2.17. The lowest BCUT2D eigenvalue weighted by atomic mass is 9.79. The number of pyridine rings is 2. The smallest absolute Gasteiger partial charge is 0.165 e. The zero-order valence-electron chi connectivity index (χ0n) is 28.3. The molecule has 0 amide bonds. The summed E-state index contributed by atoms with van der Waals surface area (Å²) in [4.78, 5) is 15.0. The molecule has 0 spiro atoms. The average molecular weight is 609 g/mol. The van der Waals surface area contributed by atoms with Gasteiger partial charge in [-0.3, -0.25) is 9.55 Å². The van der Waals surface area contributed by atoms with Crippen LogP contribution in [0.25, 0.3) is 50.6 Å². The second-order valence-corrected chi connectivity index (χ2v) is 14.8. The summed E-state index contributed by atoms with van der Waals surface area (Å²) in [5, 5.41) is 12.0. The third-order valence-electron chi connectivity index (χ3n) is 8.49. The Labute approximate surface area is 273 Å². The number of aromatic hydroxyl groups is 1. The van der Waals surface area contributed by atoms with Crippen molar-refractivity contribution in [2.45, 2.75) is 72.6 Å². The molecule has 234 valence electrons. The Morgan fingerprint density at radius 3 is 2.09 bits per heavy atom. The van der Waals surface area contributed by atoms with E-state index in [1.54, 1.807) is 0 Å². The van der Waals surface area contributed by atoms with Crippen LogP contribution >= 0.6 is 0 Å². The number of benzene rings is 3. The van der Waals surface area contributed by atoms with Gasteiger partial charge >= 0.3 is 0 Å². The van der Waals surface area contributed by atoms with E-state index in [1.165, 1.54) is 5.56 Å². The van der Waals surface area contributed by atoms with Gasteiger partial charge in [-0.2, -0.15) is 0 Å². The molecule has 0 atom stereocenters. The van der Waals surface area contributed by atoms with Crippen LogP contribution in [0.5, 0.6) is 5.75 Å². The van der Waals surface area contributed by atoms with Crippen LogP contribution in [0.4, 0.5) is 0 Å². The molecule has 3 aromatic heterocycles. The van der Waals surface area contributed by atoms with Gasteiger partial charge in [0.05, 0.1) is 11.3 Å². The molecular weight excluding hydrogens is 564 g/mol. The van der Waals surface area contributed by atoms with E-state index in [0.717, 1.165) is 56.8 Å². The molecule has 0 unspecified atom stereocenters. The molecule has 0 bridgehead atoms. The Balaban J connectivity index is 1.68. The molecule has 46 heavy (non-hydrogen) atoms. The van der Waals surface area contributed by atoms with Crippen molar-refractivity contribution in [3.8, 4) is 45.2 Å². The standard InChI is InChI=1S/C41H44N4O/c1-26(2)20-27-21-28(23-29(22-27)35-16-12-13-18-42-35)32-17-19-43-39-36(32)44-38(45(39)31-14-10-9-11-15-31)33-24-30(40(3,4)5)25-34(37(33)46)41(6,7)8/h9-19,21-26,46H,20H2,1-8H3. The first-order chi connectivity index (χ1) is 21.8. The number of hydrogen-bond donors (Lipinski definition) is 1. The highest BCUT2D eigenvalue weighted by Crippen LogP contribution is 2.44. The van der Waals surface area contributed by atoms with E-state index in [0.29, 0.717) is 17.3 Å². The molecule has 0 radical (unpaired) electrons. The summed E-state index contributed by atoms with van der Waals surface area (Å²) >= 11 is 0. The zero-order chi connectivity index (χ0) is 32.8. The molecule has 0 aliphatic heterocycles. The van der Waals surface area contributed by atoms with E-state index in [2.05, 4.69) is 120 Å². The van der Waals surface area contributed by atoms with E-state index in [9.17, 15) is 5.11 Å². The fourth-order valence-corrected chi connectivity index (χ4v) is 6.14. The van der Waals surface area contributed by atoms with Crippen LogP contribution < -0.4 is 0 Å². The topological polar surface area (TPSA) is 63.8 Å². The number of aromatic nitrogens is 4. The van der Waals surface area contributed by atoms with Crippen LogP contribution in [-0.4, -0.2) is 24.6 Å². The molecule has 1 N–H and O–H groups in total. The maximum absolute atomic E-state index is 12.0. The van der Waals surface area contributed by atoms with Crippen molar-refractivity contribution in [3.05, 3.63) is 114 Å². The first kappa shape index (κ1) is 31.2. The number of rotatable bonds is 6. The molecule has 3 heterocycles. The molecule has 0 aliphatic rings. The predicted molar refractivity (Wildman–Crippen MR) is 191 cm³/mol. The minimum absolute atomic E-state index is 0.131. The maximum Gasteiger partial charge on any atom is 0.165 e. The minimum Gasteiger partial charge on any atom is -0.507 e. The molecule has 0 saturated heterocycles. The van der Waals surface area contributed by atoms with E-state index in [4.69, 9.17) is 9.97 Å². The quantitative estimate of drug-likeness (QED) is 0.204. The number of imidazole rings is 1. The highest BCUT2D eigenvalue weighted by Gasteiger charge is 2.29. The fraction of sp³-hybridized carbons (Fsp3) is 0.293. The largest absolute Gasteiger partial charge is 0.507 e. The van der Waals surface area contributed by atoms with Crippen LogP contribution in [0.3, 0.4) is 0 Å². The summed E-state index contributed by atoms with van der Waals surface area (Å²) in [6.07, 6.45) is 4.66. The molecular formula is C41H44N4O. The highest BCUT2D eigenvalue weighted by molar-refractivity contribution is 5.94. The number of nitrogens with zero attached hydrogens (tertiary/aromatic N) is 4. The lowest BCUT2D eigenvalue weighted by Gasteiger charge is -2.27. The lowest BCUT2D eigenvalue weighted by molar-refractivity contribution is 0.446. The van der Waals surface area contributed by atoms with Gasteiger partial charge in [-0.1, -0.05) is 91.8 Å². The summed E-state index contributed by atoms with van der Waals surface area (Å²) < 4.78 is 2.09. The molecule has 0 fully saturated rings. The second-order valence-electron chi connectivity index (χ2n) is 14.8. The molecule has 6 rings (SSSR count). The van der Waals surface area contributed by atoms with Gasteiger partial charge in [-0.05, 0) is 88.4 Å². The third-order valence-corrected chi connectivity index (χ3v) is 8.49. The van der Waals surface area contributed by atoms with Crippen LogP contribution in [0.2, 0.25) is 0 Å². The van der Waals surface area contributed by atoms with Crippen molar-refractivity contribution >= 4 is 11.2 Å². The van der Waals surface area contributed by atoms with Gasteiger partial charge < -0.3 is 5.11 Å². The van der Waals surface area contributed by atoms with Crippen LogP contribution in [0.1, 0.15) is 72.1 Å². The molecule has 5 nitrogen and oxygen atoms in total. The molecule has 0 saturated carbocycles. The van der Waals surface area contributed by atoms with Gasteiger partial charge in [0.25, 0.3) is 0 Å². The number of phenolic OH excluding ortho intramolecular Hbond substituents is 1. The van der Waals surface area contributed by atoms with Crippen molar-refractivity contribution < 1.29 is 5.11 Å². The van der Waals surface area contributed by atoms with Gasteiger partial charge in [0.15, 0.2) is 11.5 Å². The molecule has 0 aliphatic carbocycles. The molecule has 5 heteroatoms. The number of fused-ring (bicyclic) bond motifs is 1. The summed E-state index contributed by atoms with van der Waals surface area (Å²) in [6.45, 7) is 17.5. The van der Waals surface area contributed by atoms with Gasteiger partial charge in [0.1, 0.15) is 11.3 Å². The van der Waals surface area contributed by atoms with E-state index >= 15 is 0 Å². The Bertz CT molecular complexity index is 2010. The predicted octanol–water partition coefficient (Wildman–Crippen LogP) is 10.3. The number of hydrogen-bond acceptors (Lipinski definition) is 4. The normalized spacial score (nSPS) is 12.3. The number of para-hydroxylation sites is 1. The molecule has 3 aromatic carbocycles. The van der Waals surface area contributed by atoms with E-state index in [1.807, 2.05) is 42.7 Å². The van der Waals surface area contributed by atoms with Crippen molar-refractivity contribution in [3.63, 3.8) is 0 Å². The summed E-state index contributed by atoms with van der Waals surface area (Å²) in [5.41, 5.74) is 10.1. The van der Waals surface area contributed by atoms with E-state index < -0.39 is 0 Å². The van der Waals surface area contributed by atoms with Crippen LogP contribution in [0.15, 0.2) is 97.3 Å². The monoisotopic (exact) mass is 608 g/mol. The van der Waals surface area contributed by atoms with Crippen molar-refractivity contribution in [1.29, 1.82) is 0 Å². The number of phenols is 1. The van der Waals surface area contributed by atoms with Crippen molar-refractivity contribution in [2.24, 2.45) is 5.92 Å².